The molecule has 0 amide bonds. The van der Waals surface area contributed by atoms with E-state index in [1.807, 2.05) is 0 Å². The van der Waals surface area contributed by atoms with Crippen molar-refractivity contribution in [2.24, 2.45) is 0 Å². The average molecular weight is 361 g/mol. The Balaban J connectivity index is 1.90. The second-order valence-corrected chi connectivity index (χ2v) is 5.95. The molecule has 1 fully saturated rings. The van der Waals surface area contributed by atoms with Crippen molar-refractivity contribution in [1.29, 1.82) is 0 Å². The van der Waals surface area contributed by atoms with Crippen molar-refractivity contribution in [3.8, 4) is 0 Å². The van der Waals surface area contributed by atoms with Gasteiger partial charge in [0.2, 0.25) is 0 Å². The van der Waals surface area contributed by atoms with Crippen molar-refractivity contribution in [2.45, 2.75) is 25.6 Å². The maximum Gasteiger partial charge on any atom is 0.0964 e. The fourth-order valence-electron chi connectivity index (χ4n) is 2.25. The van der Waals surface area contributed by atoms with Crippen molar-refractivity contribution in [2.75, 3.05) is 26.2 Å². The minimum atomic E-state index is -0.417. The molecular weight excluding hydrogens is 341 g/mol. The van der Waals surface area contributed by atoms with Gasteiger partial charge in [-0.3, -0.25) is 4.90 Å². The van der Waals surface area contributed by atoms with Crippen LogP contribution in [0.4, 0.5) is 0 Å². The standard InChI is InChI=1S/C14H20INO2/c1-2-16-7-8-18-14(10-16)13(17)9-11-3-5-12(15)6-4-11/h3-6,13-14,17H,2,7-10H2,1H3. The van der Waals surface area contributed by atoms with Gasteiger partial charge >= 0.3 is 0 Å². The second-order valence-electron chi connectivity index (χ2n) is 4.70. The SMILES string of the molecule is CCN1CCOC(C(O)Cc2ccc(I)cc2)C1. The highest BCUT2D eigenvalue weighted by molar-refractivity contribution is 14.1. The molecule has 4 heteroatoms. The van der Waals surface area contributed by atoms with Crippen LogP contribution in [-0.4, -0.2) is 48.5 Å². The highest BCUT2D eigenvalue weighted by atomic mass is 127. The number of nitrogens with zero attached hydrogens (tertiary/aromatic N) is 1. The highest BCUT2D eigenvalue weighted by Gasteiger charge is 2.26. The molecule has 0 aromatic heterocycles. The lowest BCUT2D eigenvalue weighted by Gasteiger charge is -2.34. The molecule has 1 aromatic rings. The first-order valence-corrected chi connectivity index (χ1v) is 7.53. The molecule has 1 saturated heterocycles. The van der Waals surface area contributed by atoms with Crippen molar-refractivity contribution in [3.05, 3.63) is 33.4 Å². The molecule has 0 saturated carbocycles. The molecule has 1 heterocycles. The molecule has 2 atom stereocenters. The average Bonchev–Trinajstić information content (AvgIpc) is 2.41. The van der Waals surface area contributed by atoms with Gasteiger partial charge in [-0.2, -0.15) is 0 Å². The van der Waals surface area contributed by atoms with E-state index in [0.29, 0.717) is 6.42 Å². The van der Waals surface area contributed by atoms with Gasteiger partial charge in [-0.25, -0.2) is 0 Å². The first kappa shape index (κ1) is 14.2. The summed E-state index contributed by atoms with van der Waals surface area (Å²) < 4.78 is 6.89. The summed E-state index contributed by atoms with van der Waals surface area (Å²) >= 11 is 2.29. The van der Waals surface area contributed by atoms with Crippen molar-refractivity contribution >= 4 is 22.6 Å². The normalized spacial score (nSPS) is 22.9. The Morgan fingerprint density at radius 2 is 2.17 bits per heavy atom. The Morgan fingerprint density at radius 3 is 2.83 bits per heavy atom. The fourth-order valence-corrected chi connectivity index (χ4v) is 2.60. The first-order valence-electron chi connectivity index (χ1n) is 6.45. The molecule has 1 aromatic carbocycles. The Kier molecular flexibility index (Phi) is 5.41. The van der Waals surface area contributed by atoms with Gasteiger partial charge in [0.1, 0.15) is 0 Å². The number of halogens is 1. The van der Waals surface area contributed by atoms with Gasteiger partial charge in [-0.1, -0.05) is 19.1 Å². The summed E-state index contributed by atoms with van der Waals surface area (Å²) in [6, 6.07) is 8.29. The van der Waals surface area contributed by atoms with Gasteiger partial charge in [0.25, 0.3) is 0 Å². The number of likely N-dealkylation sites (N-methyl/N-ethyl adjacent to an activating group) is 1. The summed E-state index contributed by atoms with van der Waals surface area (Å²) in [6.07, 6.45) is 0.191. The molecule has 0 bridgehead atoms. The molecule has 1 N–H and O–H groups in total. The van der Waals surface area contributed by atoms with Gasteiger partial charge in [0.05, 0.1) is 18.8 Å². The second kappa shape index (κ2) is 6.84. The molecule has 1 aliphatic rings. The van der Waals surface area contributed by atoms with E-state index in [2.05, 4.69) is 58.7 Å². The van der Waals surface area contributed by atoms with Crippen molar-refractivity contribution in [3.63, 3.8) is 0 Å². The summed E-state index contributed by atoms with van der Waals surface area (Å²) in [7, 11) is 0. The number of benzene rings is 1. The molecule has 18 heavy (non-hydrogen) atoms. The molecule has 2 rings (SSSR count). The van der Waals surface area contributed by atoms with Crippen LogP contribution in [-0.2, 0) is 11.2 Å². The first-order chi connectivity index (χ1) is 8.69. The van der Waals surface area contributed by atoms with Crippen molar-refractivity contribution < 1.29 is 9.84 Å². The zero-order chi connectivity index (χ0) is 13.0. The van der Waals surface area contributed by atoms with E-state index in [1.165, 1.54) is 9.13 Å². The monoisotopic (exact) mass is 361 g/mol. The number of hydrogen-bond donors (Lipinski definition) is 1. The van der Waals surface area contributed by atoms with Gasteiger partial charge in [-0.05, 0) is 46.8 Å². The van der Waals surface area contributed by atoms with Crippen LogP contribution in [0.15, 0.2) is 24.3 Å². The molecule has 0 spiro atoms. The minimum absolute atomic E-state index is 0.0574. The number of rotatable bonds is 4. The maximum atomic E-state index is 10.3. The van der Waals surface area contributed by atoms with Crippen LogP contribution in [0.1, 0.15) is 12.5 Å². The Labute approximate surface area is 122 Å². The predicted molar refractivity (Wildman–Crippen MR) is 80.7 cm³/mol. The quantitative estimate of drug-likeness (QED) is 0.832. The van der Waals surface area contributed by atoms with E-state index >= 15 is 0 Å². The summed E-state index contributed by atoms with van der Waals surface area (Å²) in [4.78, 5) is 2.32. The van der Waals surface area contributed by atoms with Crippen molar-refractivity contribution in [1.82, 2.24) is 4.90 Å². The Morgan fingerprint density at radius 1 is 1.44 bits per heavy atom. The van der Waals surface area contributed by atoms with E-state index in [4.69, 9.17) is 4.74 Å². The summed E-state index contributed by atoms with van der Waals surface area (Å²) in [5.74, 6) is 0. The van der Waals surface area contributed by atoms with Crippen LogP contribution in [0.3, 0.4) is 0 Å². The van der Waals surface area contributed by atoms with E-state index in [-0.39, 0.29) is 6.10 Å². The smallest absolute Gasteiger partial charge is 0.0964 e. The van der Waals surface area contributed by atoms with Crippen LogP contribution in [0, 0.1) is 3.57 Å². The van der Waals surface area contributed by atoms with Gasteiger partial charge < -0.3 is 9.84 Å². The van der Waals surface area contributed by atoms with E-state index in [0.717, 1.165) is 26.2 Å². The van der Waals surface area contributed by atoms with Crippen LogP contribution >= 0.6 is 22.6 Å². The molecule has 0 aliphatic carbocycles. The fraction of sp³-hybridized carbons (Fsp3) is 0.571. The molecule has 1 aliphatic heterocycles. The zero-order valence-corrected chi connectivity index (χ0v) is 12.8. The van der Waals surface area contributed by atoms with Gasteiger partial charge in [0.15, 0.2) is 0 Å². The van der Waals surface area contributed by atoms with Gasteiger partial charge in [0, 0.05) is 23.1 Å². The van der Waals surface area contributed by atoms with Crippen LogP contribution in [0.2, 0.25) is 0 Å². The summed E-state index contributed by atoms with van der Waals surface area (Å²) in [5.41, 5.74) is 1.17. The molecule has 0 radical (unpaired) electrons. The third-order valence-electron chi connectivity index (χ3n) is 3.41. The molecule has 3 nitrogen and oxygen atoms in total. The lowest BCUT2D eigenvalue weighted by molar-refractivity contribution is -0.0867. The topological polar surface area (TPSA) is 32.7 Å². The number of ether oxygens (including phenoxy) is 1. The zero-order valence-electron chi connectivity index (χ0n) is 10.7. The lowest BCUT2D eigenvalue weighted by atomic mass is 10.0. The Hall–Kier alpha value is -0.170. The minimum Gasteiger partial charge on any atom is -0.390 e. The molecule has 100 valence electrons. The van der Waals surface area contributed by atoms with Crippen LogP contribution in [0.25, 0.3) is 0 Å². The van der Waals surface area contributed by atoms with Crippen LogP contribution < -0.4 is 0 Å². The largest absolute Gasteiger partial charge is 0.390 e. The van der Waals surface area contributed by atoms with Crippen LogP contribution in [0.5, 0.6) is 0 Å². The molecular formula is C14H20INO2. The van der Waals surface area contributed by atoms with E-state index in [9.17, 15) is 5.11 Å². The van der Waals surface area contributed by atoms with Gasteiger partial charge in [-0.15, -0.1) is 0 Å². The summed E-state index contributed by atoms with van der Waals surface area (Å²) in [6.45, 7) is 5.71. The third-order valence-corrected chi connectivity index (χ3v) is 4.13. The maximum absolute atomic E-state index is 10.3. The number of aliphatic hydroxyl groups excluding tert-OH is 1. The number of morpholine rings is 1. The summed E-state index contributed by atoms with van der Waals surface area (Å²) in [5, 5.41) is 10.3. The van der Waals surface area contributed by atoms with E-state index < -0.39 is 6.10 Å². The predicted octanol–water partition coefficient (Wildman–Crippen LogP) is 1.92. The highest BCUT2D eigenvalue weighted by Crippen LogP contribution is 2.14. The Bertz CT molecular complexity index is 369. The van der Waals surface area contributed by atoms with E-state index in [1.54, 1.807) is 0 Å². The number of hydrogen-bond acceptors (Lipinski definition) is 3. The number of aliphatic hydroxyl groups is 1. The lowest BCUT2D eigenvalue weighted by Crippen LogP contribution is -2.48. The third kappa shape index (κ3) is 3.91. The molecule has 2 unspecified atom stereocenters.